The molecule has 1 unspecified atom stereocenters. The maximum absolute atomic E-state index is 5.93. The SMILES string of the molecule is C=C(Br)CN1CCN(CC2CN(C(C)C)CCO2)CC1. The van der Waals surface area contributed by atoms with E-state index in [9.17, 15) is 0 Å². The van der Waals surface area contributed by atoms with Gasteiger partial charge in [0.25, 0.3) is 0 Å². The standard InChI is InChI=1S/C15H28BrN3O/c1-13(2)19-8-9-20-15(12-19)11-18-6-4-17(5-7-18)10-14(3)16/h13,15H,3-12H2,1-2H3. The summed E-state index contributed by atoms with van der Waals surface area (Å²) >= 11 is 3.45. The molecule has 2 fully saturated rings. The maximum Gasteiger partial charge on any atom is 0.0829 e. The van der Waals surface area contributed by atoms with E-state index in [0.29, 0.717) is 12.1 Å². The summed E-state index contributed by atoms with van der Waals surface area (Å²) in [7, 11) is 0. The van der Waals surface area contributed by atoms with E-state index >= 15 is 0 Å². The van der Waals surface area contributed by atoms with E-state index in [1.165, 1.54) is 0 Å². The molecular formula is C15H28BrN3O. The first-order chi connectivity index (χ1) is 9.54. The van der Waals surface area contributed by atoms with Crippen LogP contribution in [0.15, 0.2) is 11.1 Å². The van der Waals surface area contributed by atoms with E-state index in [2.05, 4.69) is 51.1 Å². The lowest BCUT2D eigenvalue weighted by Gasteiger charge is -2.40. The average molecular weight is 346 g/mol. The highest BCUT2D eigenvalue weighted by molar-refractivity contribution is 9.11. The van der Waals surface area contributed by atoms with Crippen LogP contribution in [0.5, 0.6) is 0 Å². The van der Waals surface area contributed by atoms with Crippen LogP contribution in [0.3, 0.4) is 0 Å². The molecule has 0 N–H and O–H groups in total. The summed E-state index contributed by atoms with van der Waals surface area (Å²) in [5.74, 6) is 0. The average Bonchev–Trinajstić information content (AvgIpc) is 2.41. The molecule has 0 saturated carbocycles. The van der Waals surface area contributed by atoms with Crippen molar-refractivity contribution in [2.45, 2.75) is 26.0 Å². The van der Waals surface area contributed by atoms with Crippen molar-refractivity contribution in [3.8, 4) is 0 Å². The molecular weight excluding hydrogens is 318 g/mol. The molecule has 0 spiro atoms. The van der Waals surface area contributed by atoms with E-state index in [4.69, 9.17) is 4.74 Å². The summed E-state index contributed by atoms with van der Waals surface area (Å²) in [4.78, 5) is 7.52. The molecule has 1 atom stereocenters. The van der Waals surface area contributed by atoms with Crippen molar-refractivity contribution in [1.29, 1.82) is 0 Å². The monoisotopic (exact) mass is 345 g/mol. The Labute approximate surface area is 131 Å². The lowest BCUT2D eigenvalue weighted by Crippen LogP contribution is -2.53. The maximum atomic E-state index is 5.93. The summed E-state index contributed by atoms with van der Waals surface area (Å²) in [5, 5.41) is 0. The number of nitrogens with zero attached hydrogens (tertiary/aromatic N) is 3. The molecule has 2 aliphatic heterocycles. The second-order valence-corrected chi connectivity index (χ2v) is 7.30. The van der Waals surface area contributed by atoms with E-state index in [-0.39, 0.29) is 0 Å². The summed E-state index contributed by atoms with van der Waals surface area (Å²) < 4.78 is 7.01. The van der Waals surface area contributed by atoms with E-state index in [1.807, 2.05) is 0 Å². The summed E-state index contributed by atoms with van der Waals surface area (Å²) in [6.45, 7) is 18.1. The molecule has 4 nitrogen and oxygen atoms in total. The molecule has 116 valence electrons. The van der Waals surface area contributed by atoms with Gasteiger partial charge in [-0.25, -0.2) is 0 Å². The fourth-order valence-electron chi connectivity index (χ4n) is 2.98. The fourth-order valence-corrected chi connectivity index (χ4v) is 3.34. The molecule has 2 rings (SSSR count). The fraction of sp³-hybridized carbons (Fsp3) is 0.867. The van der Waals surface area contributed by atoms with Gasteiger partial charge in [0, 0.05) is 62.9 Å². The quantitative estimate of drug-likeness (QED) is 0.753. The van der Waals surface area contributed by atoms with Crippen molar-refractivity contribution in [1.82, 2.24) is 14.7 Å². The van der Waals surface area contributed by atoms with Crippen molar-refractivity contribution in [2.75, 3.05) is 59.0 Å². The molecule has 0 amide bonds. The minimum Gasteiger partial charge on any atom is -0.374 e. The molecule has 2 aliphatic rings. The van der Waals surface area contributed by atoms with Crippen molar-refractivity contribution in [3.05, 3.63) is 11.1 Å². The zero-order valence-electron chi connectivity index (χ0n) is 12.9. The predicted octanol–water partition coefficient (Wildman–Crippen LogP) is 1.62. The third-order valence-corrected chi connectivity index (χ3v) is 4.47. The molecule has 0 radical (unpaired) electrons. The molecule has 0 bridgehead atoms. The van der Waals surface area contributed by atoms with Gasteiger partial charge in [-0.2, -0.15) is 0 Å². The van der Waals surface area contributed by atoms with Gasteiger partial charge >= 0.3 is 0 Å². The van der Waals surface area contributed by atoms with Crippen LogP contribution >= 0.6 is 15.9 Å². The highest BCUT2D eigenvalue weighted by Crippen LogP contribution is 2.12. The van der Waals surface area contributed by atoms with Crippen LogP contribution in [0.25, 0.3) is 0 Å². The normalized spacial score (nSPS) is 27.1. The summed E-state index contributed by atoms with van der Waals surface area (Å²) in [5.41, 5.74) is 0. The van der Waals surface area contributed by atoms with Gasteiger partial charge in [-0.05, 0) is 13.8 Å². The Balaban J connectivity index is 1.71. The van der Waals surface area contributed by atoms with Crippen molar-refractivity contribution >= 4 is 15.9 Å². The number of morpholine rings is 1. The number of rotatable bonds is 5. The Bertz CT molecular complexity index is 316. The number of hydrogen-bond acceptors (Lipinski definition) is 4. The van der Waals surface area contributed by atoms with Crippen LogP contribution in [0.1, 0.15) is 13.8 Å². The van der Waals surface area contributed by atoms with Crippen molar-refractivity contribution < 1.29 is 4.74 Å². The summed E-state index contributed by atoms with van der Waals surface area (Å²) in [6.07, 6.45) is 0.379. The zero-order chi connectivity index (χ0) is 14.5. The van der Waals surface area contributed by atoms with Crippen LogP contribution in [0.4, 0.5) is 0 Å². The van der Waals surface area contributed by atoms with Gasteiger partial charge in [0.2, 0.25) is 0 Å². The molecule has 20 heavy (non-hydrogen) atoms. The Morgan fingerprint density at radius 2 is 1.85 bits per heavy atom. The molecule has 2 saturated heterocycles. The lowest BCUT2D eigenvalue weighted by molar-refractivity contribution is -0.0560. The Morgan fingerprint density at radius 1 is 1.20 bits per heavy atom. The van der Waals surface area contributed by atoms with Crippen LogP contribution < -0.4 is 0 Å². The van der Waals surface area contributed by atoms with Gasteiger partial charge < -0.3 is 4.74 Å². The largest absolute Gasteiger partial charge is 0.374 e. The highest BCUT2D eigenvalue weighted by atomic mass is 79.9. The Kier molecular flexibility index (Phi) is 6.49. The smallest absolute Gasteiger partial charge is 0.0829 e. The van der Waals surface area contributed by atoms with Crippen molar-refractivity contribution in [2.24, 2.45) is 0 Å². The first kappa shape index (κ1) is 16.4. The van der Waals surface area contributed by atoms with E-state index in [0.717, 1.165) is 63.4 Å². The summed E-state index contributed by atoms with van der Waals surface area (Å²) in [6, 6.07) is 0.628. The Hall–Kier alpha value is 0.0600. The van der Waals surface area contributed by atoms with E-state index < -0.39 is 0 Å². The van der Waals surface area contributed by atoms with E-state index in [1.54, 1.807) is 0 Å². The number of hydrogen-bond donors (Lipinski definition) is 0. The van der Waals surface area contributed by atoms with Gasteiger partial charge in [0.15, 0.2) is 0 Å². The third-order valence-electron chi connectivity index (χ3n) is 4.22. The minimum atomic E-state index is 0.379. The molecule has 0 aromatic rings. The predicted molar refractivity (Wildman–Crippen MR) is 87.4 cm³/mol. The van der Waals surface area contributed by atoms with Gasteiger partial charge in [-0.1, -0.05) is 22.5 Å². The highest BCUT2D eigenvalue weighted by Gasteiger charge is 2.25. The van der Waals surface area contributed by atoms with Crippen molar-refractivity contribution in [3.63, 3.8) is 0 Å². The molecule has 2 heterocycles. The third kappa shape index (κ3) is 5.11. The van der Waals surface area contributed by atoms with Crippen LogP contribution in [-0.4, -0.2) is 85.8 Å². The molecule has 0 aromatic heterocycles. The lowest BCUT2D eigenvalue weighted by atomic mass is 10.2. The molecule has 5 heteroatoms. The number of ether oxygens (including phenoxy) is 1. The first-order valence-electron chi connectivity index (χ1n) is 7.68. The topological polar surface area (TPSA) is 19.0 Å². The minimum absolute atomic E-state index is 0.379. The second kappa shape index (κ2) is 7.90. The first-order valence-corrected chi connectivity index (χ1v) is 8.47. The molecule has 0 aliphatic carbocycles. The van der Waals surface area contributed by atoms with Gasteiger partial charge in [-0.3, -0.25) is 14.7 Å². The van der Waals surface area contributed by atoms with Crippen LogP contribution in [0, 0.1) is 0 Å². The van der Waals surface area contributed by atoms with Gasteiger partial charge in [0.1, 0.15) is 0 Å². The number of piperazine rings is 1. The zero-order valence-corrected chi connectivity index (χ0v) is 14.4. The van der Waals surface area contributed by atoms with Crippen LogP contribution in [0.2, 0.25) is 0 Å². The Morgan fingerprint density at radius 3 is 2.45 bits per heavy atom. The van der Waals surface area contributed by atoms with Crippen LogP contribution in [-0.2, 0) is 4.74 Å². The number of halogens is 1. The second-order valence-electron chi connectivity index (χ2n) is 6.18. The van der Waals surface area contributed by atoms with Gasteiger partial charge in [0.05, 0.1) is 12.7 Å². The molecule has 0 aromatic carbocycles. The van der Waals surface area contributed by atoms with Gasteiger partial charge in [-0.15, -0.1) is 0 Å².